The first-order valence-corrected chi connectivity index (χ1v) is 8.19. The zero-order valence-electron chi connectivity index (χ0n) is 14.9. The molecule has 1 rings (SSSR count). The van der Waals surface area contributed by atoms with Gasteiger partial charge in [0, 0.05) is 6.54 Å². The van der Waals surface area contributed by atoms with Crippen LogP contribution in [0.15, 0.2) is 18.2 Å². The number of amides is 1. The fourth-order valence-electron chi connectivity index (χ4n) is 2.31. The first-order chi connectivity index (χ1) is 11.5. The lowest BCUT2D eigenvalue weighted by Gasteiger charge is -2.12. The minimum atomic E-state index is -0.310. The van der Waals surface area contributed by atoms with Crippen molar-refractivity contribution in [2.45, 2.75) is 33.1 Å². The zero-order valence-corrected chi connectivity index (χ0v) is 14.9. The highest BCUT2D eigenvalue weighted by atomic mass is 16.5. The molecule has 0 aliphatic rings. The maximum absolute atomic E-state index is 11.7. The quantitative estimate of drug-likeness (QED) is 0.663. The van der Waals surface area contributed by atoms with E-state index in [2.05, 4.69) is 5.32 Å². The Morgan fingerprint density at radius 1 is 1.08 bits per heavy atom. The van der Waals surface area contributed by atoms with E-state index < -0.39 is 0 Å². The molecule has 6 heteroatoms. The summed E-state index contributed by atoms with van der Waals surface area (Å²) in [5.74, 6) is 0.577. The fourth-order valence-corrected chi connectivity index (χ4v) is 2.31. The minimum Gasteiger partial charge on any atom is -0.493 e. The van der Waals surface area contributed by atoms with Gasteiger partial charge in [-0.2, -0.15) is 0 Å². The van der Waals surface area contributed by atoms with Crippen molar-refractivity contribution in [1.82, 2.24) is 5.32 Å². The normalized spacial score (nSPS) is 10.4. The van der Waals surface area contributed by atoms with Crippen molar-refractivity contribution in [2.75, 3.05) is 27.4 Å². The Labute approximate surface area is 143 Å². The minimum absolute atomic E-state index is 0.135. The number of hydrogen-bond donors (Lipinski definition) is 1. The lowest BCUT2D eigenvalue weighted by molar-refractivity contribution is -0.152. The number of benzene rings is 1. The van der Waals surface area contributed by atoms with Gasteiger partial charge < -0.3 is 19.5 Å². The van der Waals surface area contributed by atoms with E-state index in [0.29, 0.717) is 24.5 Å². The molecule has 0 unspecified atom stereocenters. The molecule has 24 heavy (non-hydrogen) atoms. The second-order valence-electron chi connectivity index (χ2n) is 5.41. The van der Waals surface area contributed by atoms with E-state index in [4.69, 9.17) is 14.2 Å². The maximum Gasteiger partial charge on any atom is 0.309 e. The molecule has 0 saturated carbocycles. The predicted octanol–water partition coefficient (Wildman–Crippen LogP) is 2.34. The summed E-state index contributed by atoms with van der Waals surface area (Å²) >= 11 is 0. The van der Waals surface area contributed by atoms with Crippen LogP contribution in [0, 0.1) is 5.92 Å². The van der Waals surface area contributed by atoms with Gasteiger partial charge in [0.15, 0.2) is 18.1 Å². The van der Waals surface area contributed by atoms with Crippen LogP contribution >= 0.6 is 0 Å². The van der Waals surface area contributed by atoms with Crippen molar-refractivity contribution in [2.24, 2.45) is 5.92 Å². The van der Waals surface area contributed by atoms with Crippen molar-refractivity contribution in [3.8, 4) is 11.5 Å². The van der Waals surface area contributed by atoms with E-state index >= 15 is 0 Å². The summed E-state index contributed by atoms with van der Waals surface area (Å²) < 4.78 is 15.5. The van der Waals surface area contributed by atoms with Gasteiger partial charge in [-0.1, -0.05) is 19.9 Å². The van der Waals surface area contributed by atoms with Crippen LogP contribution in [0.5, 0.6) is 11.5 Å². The summed E-state index contributed by atoms with van der Waals surface area (Å²) in [6.45, 7) is 4.08. The Hall–Kier alpha value is -2.24. The van der Waals surface area contributed by atoms with Crippen LogP contribution in [0.1, 0.15) is 32.3 Å². The summed E-state index contributed by atoms with van der Waals surface area (Å²) in [6, 6.07) is 5.62. The van der Waals surface area contributed by atoms with Crippen LogP contribution < -0.4 is 14.8 Å². The molecule has 0 bridgehead atoms. The molecule has 0 spiro atoms. The van der Waals surface area contributed by atoms with E-state index in [-0.39, 0.29) is 24.4 Å². The first kappa shape index (κ1) is 19.8. The standard InChI is InChI=1S/C18H27NO5/c1-5-14(6-2)18(21)24-12-17(20)19-10-9-13-7-8-15(22-3)16(11-13)23-4/h7-8,11,14H,5-6,9-10,12H2,1-4H3,(H,19,20). The fraction of sp³-hybridized carbons (Fsp3) is 0.556. The number of methoxy groups -OCH3 is 2. The Morgan fingerprint density at radius 2 is 1.75 bits per heavy atom. The second kappa shape index (κ2) is 10.5. The molecule has 0 aliphatic heterocycles. The smallest absolute Gasteiger partial charge is 0.309 e. The lowest BCUT2D eigenvalue weighted by atomic mass is 10.0. The molecule has 0 atom stereocenters. The van der Waals surface area contributed by atoms with Crippen LogP contribution in [-0.4, -0.2) is 39.2 Å². The number of ether oxygens (including phenoxy) is 3. The van der Waals surface area contributed by atoms with Crippen LogP contribution in [0.4, 0.5) is 0 Å². The Morgan fingerprint density at radius 3 is 2.33 bits per heavy atom. The third-order valence-corrected chi connectivity index (χ3v) is 3.85. The van der Waals surface area contributed by atoms with Gasteiger partial charge in [-0.25, -0.2) is 0 Å². The Kier molecular flexibility index (Phi) is 8.68. The second-order valence-corrected chi connectivity index (χ2v) is 5.41. The molecule has 0 fully saturated rings. The van der Waals surface area contributed by atoms with E-state index in [1.165, 1.54) is 0 Å². The lowest BCUT2D eigenvalue weighted by Crippen LogP contribution is -2.31. The number of rotatable bonds is 10. The molecule has 134 valence electrons. The topological polar surface area (TPSA) is 73.9 Å². The third kappa shape index (κ3) is 6.10. The summed E-state index contributed by atoms with van der Waals surface area (Å²) in [5, 5.41) is 2.74. The van der Waals surface area contributed by atoms with Gasteiger partial charge in [-0.05, 0) is 37.0 Å². The number of carbonyl (C=O) groups excluding carboxylic acids is 2. The number of carbonyl (C=O) groups is 2. The van der Waals surface area contributed by atoms with Gasteiger partial charge in [0.25, 0.3) is 5.91 Å². The van der Waals surface area contributed by atoms with Gasteiger partial charge in [0.2, 0.25) is 0 Å². The van der Waals surface area contributed by atoms with Gasteiger partial charge in [0.1, 0.15) is 0 Å². The SMILES string of the molecule is CCC(CC)C(=O)OCC(=O)NCCc1ccc(OC)c(OC)c1. The number of nitrogens with one attached hydrogen (secondary N) is 1. The summed E-state index contributed by atoms with van der Waals surface area (Å²) in [6.07, 6.45) is 2.08. The van der Waals surface area contributed by atoms with Gasteiger partial charge in [-0.3, -0.25) is 9.59 Å². The van der Waals surface area contributed by atoms with E-state index in [1.54, 1.807) is 14.2 Å². The van der Waals surface area contributed by atoms with E-state index in [0.717, 1.165) is 18.4 Å². The molecule has 0 radical (unpaired) electrons. The van der Waals surface area contributed by atoms with Crippen LogP contribution in [0.3, 0.4) is 0 Å². The molecule has 0 aromatic heterocycles. The van der Waals surface area contributed by atoms with Crippen LogP contribution in [0.25, 0.3) is 0 Å². The highest BCUT2D eigenvalue weighted by molar-refractivity contribution is 5.81. The molecule has 1 amide bonds. The van der Waals surface area contributed by atoms with Crippen LogP contribution in [0.2, 0.25) is 0 Å². The number of hydrogen-bond acceptors (Lipinski definition) is 5. The maximum atomic E-state index is 11.7. The Bertz CT molecular complexity index is 540. The molecule has 1 N–H and O–H groups in total. The molecule has 0 saturated heterocycles. The van der Waals surface area contributed by atoms with Crippen molar-refractivity contribution in [3.05, 3.63) is 23.8 Å². The third-order valence-electron chi connectivity index (χ3n) is 3.85. The zero-order chi connectivity index (χ0) is 17.9. The van der Waals surface area contributed by atoms with Crippen LogP contribution in [-0.2, 0) is 20.7 Å². The molecular weight excluding hydrogens is 310 g/mol. The highest BCUT2D eigenvalue weighted by Gasteiger charge is 2.16. The Balaban J connectivity index is 2.37. The van der Waals surface area contributed by atoms with E-state index in [1.807, 2.05) is 32.0 Å². The van der Waals surface area contributed by atoms with Gasteiger partial charge in [-0.15, -0.1) is 0 Å². The number of esters is 1. The molecule has 1 aromatic carbocycles. The average Bonchev–Trinajstić information content (AvgIpc) is 2.60. The summed E-state index contributed by atoms with van der Waals surface area (Å²) in [7, 11) is 3.16. The predicted molar refractivity (Wildman–Crippen MR) is 91.3 cm³/mol. The first-order valence-electron chi connectivity index (χ1n) is 8.19. The van der Waals surface area contributed by atoms with Crippen molar-refractivity contribution in [3.63, 3.8) is 0 Å². The monoisotopic (exact) mass is 337 g/mol. The molecular formula is C18H27NO5. The molecule has 1 aromatic rings. The van der Waals surface area contributed by atoms with Crippen molar-refractivity contribution < 1.29 is 23.8 Å². The summed E-state index contributed by atoms with van der Waals surface area (Å²) in [5.41, 5.74) is 1.02. The summed E-state index contributed by atoms with van der Waals surface area (Å²) in [4.78, 5) is 23.4. The largest absolute Gasteiger partial charge is 0.493 e. The van der Waals surface area contributed by atoms with Gasteiger partial charge >= 0.3 is 5.97 Å². The van der Waals surface area contributed by atoms with Gasteiger partial charge in [0.05, 0.1) is 20.1 Å². The molecule has 0 heterocycles. The van der Waals surface area contributed by atoms with Crippen molar-refractivity contribution >= 4 is 11.9 Å². The van der Waals surface area contributed by atoms with E-state index in [9.17, 15) is 9.59 Å². The highest BCUT2D eigenvalue weighted by Crippen LogP contribution is 2.27. The average molecular weight is 337 g/mol. The molecule has 0 aliphatic carbocycles. The van der Waals surface area contributed by atoms with Crippen molar-refractivity contribution in [1.29, 1.82) is 0 Å². The molecule has 6 nitrogen and oxygen atoms in total.